The molecule has 1 amide bonds. The van der Waals surface area contributed by atoms with Gasteiger partial charge in [0.1, 0.15) is 12.4 Å². The Morgan fingerprint density at radius 1 is 1.07 bits per heavy atom. The van der Waals surface area contributed by atoms with Gasteiger partial charge < -0.3 is 4.90 Å². The zero-order valence-corrected chi connectivity index (χ0v) is 15.1. The lowest BCUT2D eigenvalue weighted by atomic mass is 10.1. The van der Waals surface area contributed by atoms with Gasteiger partial charge in [-0.05, 0) is 23.8 Å². The molecule has 140 valence electrons. The largest absolute Gasteiger partial charge is 0.326 e. The van der Waals surface area contributed by atoms with Gasteiger partial charge in [-0.25, -0.2) is 9.07 Å². The maximum atomic E-state index is 13.1. The minimum absolute atomic E-state index is 0.0728. The van der Waals surface area contributed by atoms with E-state index in [0.717, 1.165) is 15.8 Å². The summed E-state index contributed by atoms with van der Waals surface area (Å²) < 4.78 is 14.2. The number of aromatic nitrogens is 2. The maximum Gasteiger partial charge on any atom is 0.267 e. The summed E-state index contributed by atoms with van der Waals surface area (Å²) in [4.78, 5) is 26.3. The van der Waals surface area contributed by atoms with Crippen LogP contribution in [0.2, 0.25) is 0 Å². The van der Waals surface area contributed by atoms with E-state index in [1.54, 1.807) is 18.2 Å². The molecule has 0 saturated heterocycles. The van der Waals surface area contributed by atoms with Crippen molar-refractivity contribution in [2.24, 2.45) is 0 Å². The van der Waals surface area contributed by atoms with Crippen LogP contribution in [0, 0.1) is 18.2 Å². The minimum Gasteiger partial charge on any atom is -0.326 e. The van der Waals surface area contributed by atoms with E-state index >= 15 is 0 Å². The zero-order valence-electron chi connectivity index (χ0n) is 15.1. The topological polar surface area (TPSA) is 55.2 Å². The Hall–Kier alpha value is -3.72. The number of halogens is 1. The van der Waals surface area contributed by atoms with E-state index in [4.69, 9.17) is 6.42 Å². The van der Waals surface area contributed by atoms with Crippen molar-refractivity contribution in [3.63, 3.8) is 0 Å². The van der Waals surface area contributed by atoms with Crippen LogP contribution in [0.1, 0.15) is 5.56 Å². The molecule has 3 rings (SSSR count). The molecule has 0 atom stereocenters. The first kappa shape index (κ1) is 19.1. The second-order valence-corrected chi connectivity index (χ2v) is 6.16. The molecule has 0 N–H and O–H groups in total. The van der Waals surface area contributed by atoms with Crippen LogP contribution in [0.3, 0.4) is 0 Å². The fourth-order valence-electron chi connectivity index (χ4n) is 2.71. The molecule has 3 aromatic rings. The first-order valence-electron chi connectivity index (χ1n) is 8.66. The highest BCUT2D eigenvalue weighted by Gasteiger charge is 2.15. The van der Waals surface area contributed by atoms with Gasteiger partial charge in [0.2, 0.25) is 5.91 Å². The molecule has 1 heterocycles. The van der Waals surface area contributed by atoms with Gasteiger partial charge in [-0.2, -0.15) is 5.10 Å². The average molecular weight is 375 g/mol. The molecule has 0 aliphatic carbocycles. The van der Waals surface area contributed by atoms with E-state index in [-0.39, 0.29) is 36.9 Å². The van der Waals surface area contributed by atoms with Crippen LogP contribution in [0.15, 0.2) is 71.5 Å². The van der Waals surface area contributed by atoms with Gasteiger partial charge in [-0.1, -0.05) is 48.4 Å². The summed E-state index contributed by atoms with van der Waals surface area (Å²) in [5.74, 6) is 1.74. The normalized spacial score (nSPS) is 10.3. The van der Waals surface area contributed by atoms with Crippen LogP contribution in [0.5, 0.6) is 0 Å². The average Bonchev–Trinajstić information content (AvgIpc) is 2.71. The highest BCUT2D eigenvalue weighted by atomic mass is 19.1. The molecule has 0 saturated carbocycles. The van der Waals surface area contributed by atoms with Crippen LogP contribution in [0.25, 0.3) is 11.3 Å². The maximum absolute atomic E-state index is 13.1. The van der Waals surface area contributed by atoms with E-state index < -0.39 is 0 Å². The van der Waals surface area contributed by atoms with Crippen molar-refractivity contribution in [2.75, 3.05) is 6.54 Å². The van der Waals surface area contributed by atoms with Crippen LogP contribution < -0.4 is 5.56 Å². The third kappa shape index (κ3) is 4.71. The predicted molar refractivity (Wildman–Crippen MR) is 105 cm³/mol. The molecule has 0 aliphatic heterocycles. The van der Waals surface area contributed by atoms with Crippen molar-refractivity contribution in [1.82, 2.24) is 14.7 Å². The first-order chi connectivity index (χ1) is 13.6. The van der Waals surface area contributed by atoms with Gasteiger partial charge in [-0.15, -0.1) is 6.42 Å². The lowest BCUT2D eigenvalue weighted by molar-refractivity contribution is -0.132. The number of carbonyl (C=O) groups excluding carboxylic acids is 1. The SMILES string of the molecule is C#CCN(Cc1ccc(F)cc1)C(=O)Cn1nc(-c2ccccc2)ccc1=O. The Morgan fingerprint density at radius 2 is 1.79 bits per heavy atom. The summed E-state index contributed by atoms with van der Waals surface area (Å²) in [5.41, 5.74) is 1.80. The van der Waals surface area contributed by atoms with Gasteiger partial charge in [0.05, 0.1) is 12.2 Å². The van der Waals surface area contributed by atoms with E-state index in [1.165, 1.54) is 23.1 Å². The van der Waals surface area contributed by atoms with Crippen LogP contribution in [-0.4, -0.2) is 27.1 Å². The van der Waals surface area contributed by atoms with Gasteiger partial charge in [0.25, 0.3) is 5.56 Å². The van der Waals surface area contributed by atoms with Crippen molar-refractivity contribution < 1.29 is 9.18 Å². The molecule has 5 nitrogen and oxygen atoms in total. The van der Waals surface area contributed by atoms with Gasteiger partial charge >= 0.3 is 0 Å². The molecule has 0 bridgehead atoms. The fraction of sp³-hybridized carbons (Fsp3) is 0.136. The second kappa shape index (κ2) is 8.78. The highest BCUT2D eigenvalue weighted by Crippen LogP contribution is 2.14. The van der Waals surface area contributed by atoms with Gasteiger partial charge in [-0.3, -0.25) is 9.59 Å². The van der Waals surface area contributed by atoms with E-state index in [1.807, 2.05) is 30.3 Å². The molecular weight excluding hydrogens is 357 g/mol. The van der Waals surface area contributed by atoms with E-state index in [2.05, 4.69) is 11.0 Å². The Bertz CT molecular complexity index is 1050. The monoisotopic (exact) mass is 375 g/mol. The van der Waals surface area contributed by atoms with Gasteiger partial charge in [0, 0.05) is 18.2 Å². The molecule has 2 aromatic carbocycles. The van der Waals surface area contributed by atoms with Crippen molar-refractivity contribution in [2.45, 2.75) is 13.1 Å². The van der Waals surface area contributed by atoms with Crippen LogP contribution in [-0.2, 0) is 17.9 Å². The number of carbonyl (C=O) groups is 1. The molecule has 28 heavy (non-hydrogen) atoms. The van der Waals surface area contributed by atoms with Crippen LogP contribution >= 0.6 is 0 Å². The Kier molecular flexibility index (Phi) is 5.97. The van der Waals surface area contributed by atoms with Crippen molar-refractivity contribution in [1.29, 1.82) is 0 Å². The Morgan fingerprint density at radius 3 is 2.46 bits per heavy atom. The third-order valence-corrected chi connectivity index (χ3v) is 4.14. The summed E-state index contributed by atoms with van der Waals surface area (Å²) in [6.07, 6.45) is 5.38. The third-order valence-electron chi connectivity index (χ3n) is 4.14. The summed E-state index contributed by atoms with van der Waals surface area (Å²) in [5, 5.41) is 4.30. The van der Waals surface area contributed by atoms with Crippen molar-refractivity contribution in [3.05, 3.63) is 88.5 Å². The quantitative estimate of drug-likeness (QED) is 0.623. The summed E-state index contributed by atoms with van der Waals surface area (Å²) in [6, 6.07) is 18.2. The molecule has 0 spiro atoms. The fourth-order valence-corrected chi connectivity index (χ4v) is 2.71. The standard InChI is InChI=1S/C22H18FN3O2/c1-2-14-25(15-17-8-10-19(23)11-9-17)22(28)16-26-21(27)13-12-20(24-26)18-6-4-3-5-7-18/h1,3-13H,14-16H2. The predicted octanol–water partition coefficient (Wildman–Crippen LogP) is 2.71. The number of amides is 1. The lowest BCUT2D eigenvalue weighted by Crippen LogP contribution is -2.37. The molecule has 0 fully saturated rings. The Balaban J connectivity index is 1.80. The number of hydrogen-bond acceptors (Lipinski definition) is 3. The van der Waals surface area contributed by atoms with Crippen molar-refractivity contribution >= 4 is 5.91 Å². The van der Waals surface area contributed by atoms with E-state index in [9.17, 15) is 14.0 Å². The van der Waals surface area contributed by atoms with Crippen LogP contribution in [0.4, 0.5) is 4.39 Å². The number of nitrogens with zero attached hydrogens (tertiary/aromatic N) is 3. The molecule has 0 radical (unpaired) electrons. The molecular formula is C22H18FN3O2. The van der Waals surface area contributed by atoms with Crippen molar-refractivity contribution in [3.8, 4) is 23.6 Å². The zero-order chi connectivity index (χ0) is 19.9. The summed E-state index contributed by atoms with van der Waals surface area (Å²) in [6.45, 7) is 0.0577. The first-order valence-corrected chi connectivity index (χ1v) is 8.66. The summed E-state index contributed by atoms with van der Waals surface area (Å²) in [7, 11) is 0. The number of hydrogen-bond donors (Lipinski definition) is 0. The summed E-state index contributed by atoms with van der Waals surface area (Å²) >= 11 is 0. The minimum atomic E-state index is -0.379. The lowest BCUT2D eigenvalue weighted by Gasteiger charge is -2.20. The number of rotatable bonds is 6. The molecule has 0 aliphatic rings. The highest BCUT2D eigenvalue weighted by molar-refractivity contribution is 5.76. The second-order valence-electron chi connectivity index (χ2n) is 6.16. The molecule has 1 aromatic heterocycles. The number of benzene rings is 2. The van der Waals surface area contributed by atoms with E-state index in [0.29, 0.717) is 5.69 Å². The smallest absolute Gasteiger partial charge is 0.267 e. The molecule has 0 unspecified atom stereocenters. The Labute approximate surface area is 162 Å². The van der Waals surface area contributed by atoms with Gasteiger partial charge in [0.15, 0.2) is 0 Å². The molecule has 6 heteroatoms. The number of terminal acetylenes is 1.